The van der Waals surface area contributed by atoms with Crippen molar-refractivity contribution in [1.29, 1.82) is 0 Å². The second-order valence-corrected chi connectivity index (χ2v) is 6.37. The number of anilines is 1. The Bertz CT molecular complexity index is 598. The Balaban J connectivity index is 1.88. The van der Waals surface area contributed by atoms with Crippen molar-refractivity contribution in [3.63, 3.8) is 0 Å². The third-order valence-electron chi connectivity index (χ3n) is 3.42. The average Bonchev–Trinajstić information content (AvgIpc) is 3.00. The summed E-state index contributed by atoms with van der Waals surface area (Å²) in [4.78, 5) is 12.2. The molecule has 0 aliphatic heterocycles. The first-order chi connectivity index (χ1) is 10.6. The predicted molar refractivity (Wildman–Crippen MR) is 90.9 cm³/mol. The molecule has 1 amide bonds. The number of hydrogen-bond donors (Lipinski definition) is 3. The molecule has 1 heterocycles. The van der Waals surface area contributed by atoms with Crippen LogP contribution in [0.1, 0.15) is 36.8 Å². The molecule has 0 saturated heterocycles. The molecule has 5 heteroatoms. The zero-order valence-corrected chi connectivity index (χ0v) is 13.7. The lowest BCUT2D eigenvalue weighted by Crippen LogP contribution is -2.27. The van der Waals surface area contributed by atoms with Crippen molar-refractivity contribution in [3.05, 3.63) is 52.2 Å². The van der Waals surface area contributed by atoms with Crippen molar-refractivity contribution in [2.45, 2.75) is 39.0 Å². The number of amides is 1. The van der Waals surface area contributed by atoms with Crippen molar-refractivity contribution < 1.29 is 9.90 Å². The molecule has 0 aliphatic carbocycles. The number of aliphatic hydroxyl groups is 1. The van der Waals surface area contributed by atoms with Crippen LogP contribution in [-0.2, 0) is 11.3 Å². The second-order valence-electron chi connectivity index (χ2n) is 5.39. The number of benzene rings is 1. The maximum atomic E-state index is 11.2. The van der Waals surface area contributed by atoms with E-state index in [1.54, 1.807) is 11.3 Å². The first kappa shape index (κ1) is 16.7. The average molecular weight is 318 g/mol. The summed E-state index contributed by atoms with van der Waals surface area (Å²) in [7, 11) is 0. The number of aliphatic hydroxyl groups excluding tert-OH is 1. The van der Waals surface area contributed by atoms with E-state index >= 15 is 0 Å². The van der Waals surface area contributed by atoms with Crippen molar-refractivity contribution in [2.24, 2.45) is 0 Å². The van der Waals surface area contributed by atoms with E-state index in [0.29, 0.717) is 13.0 Å². The van der Waals surface area contributed by atoms with Crippen LogP contribution < -0.4 is 10.6 Å². The highest BCUT2D eigenvalue weighted by molar-refractivity contribution is 7.10. The molecule has 0 fully saturated rings. The van der Waals surface area contributed by atoms with Gasteiger partial charge in [-0.05, 0) is 36.4 Å². The first-order valence-corrected chi connectivity index (χ1v) is 8.24. The summed E-state index contributed by atoms with van der Waals surface area (Å²) >= 11 is 1.57. The van der Waals surface area contributed by atoms with Crippen molar-refractivity contribution in [1.82, 2.24) is 5.32 Å². The van der Waals surface area contributed by atoms with Gasteiger partial charge in [0.1, 0.15) is 0 Å². The van der Waals surface area contributed by atoms with Gasteiger partial charge in [0.2, 0.25) is 5.91 Å². The van der Waals surface area contributed by atoms with Gasteiger partial charge in [0, 0.05) is 30.1 Å². The summed E-state index contributed by atoms with van der Waals surface area (Å²) in [6.45, 7) is 4.21. The van der Waals surface area contributed by atoms with Crippen molar-refractivity contribution in [2.75, 3.05) is 5.32 Å². The lowest BCUT2D eigenvalue weighted by atomic mass is 10.1. The van der Waals surface area contributed by atoms with E-state index in [0.717, 1.165) is 16.1 Å². The van der Waals surface area contributed by atoms with Gasteiger partial charge in [-0.25, -0.2) is 0 Å². The molecule has 1 aromatic carbocycles. The molecule has 2 aromatic rings. The van der Waals surface area contributed by atoms with Gasteiger partial charge in [0.05, 0.1) is 6.10 Å². The van der Waals surface area contributed by atoms with E-state index in [1.807, 2.05) is 41.8 Å². The molecule has 4 nitrogen and oxygen atoms in total. The van der Waals surface area contributed by atoms with E-state index < -0.39 is 6.10 Å². The molecule has 0 saturated carbocycles. The second kappa shape index (κ2) is 8.08. The highest BCUT2D eigenvalue weighted by atomic mass is 32.1. The fourth-order valence-corrected chi connectivity index (χ4v) is 3.01. The molecule has 0 bridgehead atoms. The molecule has 118 valence electrons. The number of para-hydroxylation sites is 1. The fourth-order valence-electron chi connectivity index (χ4n) is 2.29. The highest BCUT2D eigenvalue weighted by Gasteiger charge is 2.13. The Morgan fingerprint density at radius 2 is 2.05 bits per heavy atom. The normalized spacial score (nSPS) is 13.6. The molecule has 22 heavy (non-hydrogen) atoms. The molecular weight excluding hydrogens is 296 g/mol. The smallest absolute Gasteiger partial charge is 0.221 e. The molecule has 0 spiro atoms. The van der Waals surface area contributed by atoms with Crippen LogP contribution in [0.15, 0.2) is 41.8 Å². The summed E-state index contributed by atoms with van der Waals surface area (Å²) in [5.74, 6) is -0.0754. The standard InChI is InChI=1S/C17H22N2O2S/c1-12(10-16(21)17-8-5-9-22-17)18-11-14-6-3-4-7-15(14)19-13(2)20/h3-9,12,16,18,21H,10-11H2,1-2H3,(H,19,20). The largest absolute Gasteiger partial charge is 0.388 e. The minimum Gasteiger partial charge on any atom is -0.388 e. The van der Waals surface area contributed by atoms with E-state index in [9.17, 15) is 9.90 Å². The molecule has 0 aliphatic rings. The first-order valence-electron chi connectivity index (χ1n) is 7.36. The zero-order chi connectivity index (χ0) is 15.9. The van der Waals surface area contributed by atoms with Crippen LogP contribution in [0.2, 0.25) is 0 Å². The monoisotopic (exact) mass is 318 g/mol. The number of carbonyl (C=O) groups is 1. The Kier molecular flexibility index (Phi) is 6.12. The van der Waals surface area contributed by atoms with Crippen LogP contribution in [-0.4, -0.2) is 17.1 Å². The summed E-state index contributed by atoms with van der Waals surface area (Å²) in [5.41, 5.74) is 1.86. The van der Waals surface area contributed by atoms with Crippen LogP contribution in [0.5, 0.6) is 0 Å². The molecule has 2 unspecified atom stereocenters. The number of carbonyl (C=O) groups excluding carboxylic acids is 1. The van der Waals surface area contributed by atoms with Gasteiger partial charge in [0.25, 0.3) is 0 Å². The Labute approximate surface area is 135 Å². The maximum absolute atomic E-state index is 11.2. The van der Waals surface area contributed by atoms with Gasteiger partial charge in [-0.2, -0.15) is 0 Å². The summed E-state index contributed by atoms with van der Waals surface area (Å²) in [6, 6.07) is 11.8. The number of nitrogens with one attached hydrogen (secondary N) is 2. The van der Waals surface area contributed by atoms with Crippen molar-refractivity contribution in [3.8, 4) is 0 Å². The molecule has 3 N–H and O–H groups in total. The van der Waals surface area contributed by atoms with Crippen LogP contribution in [0.3, 0.4) is 0 Å². The SMILES string of the molecule is CC(=O)Nc1ccccc1CNC(C)CC(O)c1cccs1. The molecule has 2 atom stereocenters. The third-order valence-corrected chi connectivity index (χ3v) is 4.39. The quantitative estimate of drug-likeness (QED) is 0.734. The van der Waals surface area contributed by atoms with Crippen LogP contribution >= 0.6 is 11.3 Å². The number of hydrogen-bond acceptors (Lipinski definition) is 4. The van der Waals surface area contributed by atoms with E-state index in [2.05, 4.69) is 17.6 Å². The minimum atomic E-state index is -0.437. The molecular formula is C17H22N2O2S. The third kappa shape index (κ3) is 4.94. The van der Waals surface area contributed by atoms with E-state index in [-0.39, 0.29) is 11.9 Å². The van der Waals surface area contributed by atoms with Gasteiger partial charge in [0.15, 0.2) is 0 Å². The molecule has 2 rings (SSSR count). The van der Waals surface area contributed by atoms with E-state index in [4.69, 9.17) is 0 Å². The van der Waals surface area contributed by atoms with Gasteiger partial charge in [-0.15, -0.1) is 11.3 Å². The van der Waals surface area contributed by atoms with Gasteiger partial charge in [-0.3, -0.25) is 4.79 Å². The van der Waals surface area contributed by atoms with Gasteiger partial charge in [-0.1, -0.05) is 24.3 Å². The summed E-state index contributed by atoms with van der Waals surface area (Å²) in [5, 5.41) is 18.4. The Morgan fingerprint density at radius 1 is 1.27 bits per heavy atom. The number of rotatable bonds is 7. The fraction of sp³-hybridized carbons (Fsp3) is 0.353. The van der Waals surface area contributed by atoms with Gasteiger partial charge >= 0.3 is 0 Å². The topological polar surface area (TPSA) is 61.4 Å². The summed E-state index contributed by atoms with van der Waals surface area (Å²) in [6.07, 6.45) is 0.219. The molecule has 1 aromatic heterocycles. The van der Waals surface area contributed by atoms with Crippen LogP contribution in [0.25, 0.3) is 0 Å². The van der Waals surface area contributed by atoms with Crippen molar-refractivity contribution >= 4 is 22.9 Å². The zero-order valence-electron chi connectivity index (χ0n) is 12.9. The lowest BCUT2D eigenvalue weighted by molar-refractivity contribution is -0.114. The summed E-state index contributed by atoms with van der Waals surface area (Å²) < 4.78 is 0. The maximum Gasteiger partial charge on any atom is 0.221 e. The van der Waals surface area contributed by atoms with Gasteiger partial charge < -0.3 is 15.7 Å². The predicted octanol–water partition coefficient (Wildman–Crippen LogP) is 3.31. The van der Waals surface area contributed by atoms with Crippen LogP contribution in [0.4, 0.5) is 5.69 Å². The van der Waals surface area contributed by atoms with Crippen LogP contribution in [0, 0.1) is 0 Å². The Hall–Kier alpha value is -1.69. The molecule has 0 radical (unpaired) electrons. The highest BCUT2D eigenvalue weighted by Crippen LogP contribution is 2.23. The minimum absolute atomic E-state index is 0.0754. The number of thiophene rings is 1. The lowest BCUT2D eigenvalue weighted by Gasteiger charge is -2.18. The van der Waals surface area contributed by atoms with E-state index in [1.165, 1.54) is 6.92 Å². The Morgan fingerprint density at radius 3 is 2.73 bits per heavy atom.